The summed E-state index contributed by atoms with van der Waals surface area (Å²) in [6, 6.07) is 1.85. The van der Waals surface area contributed by atoms with Gasteiger partial charge in [0.2, 0.25) is 0 Å². The van der Waals surface area contributed by atoms with E-state index in [1.807, 2.05) is 29.6 Å². The Morgan fingerprint density at radius 1 is 1.48 bits per heavy atom. The van der Waals surface area contributed by atoms with Crippen LogP contribution < -0.4 is 5.32 Å². The molecule has 0 aromatic carbocycles. The van der Waals surface area contributed by atoms with Crippen molar-refractivity contribution in [1.29, 1.82) is 0 Å². The van der Waals surface area contributed by atoms with Crippen molar-refractivity contribution in [3.05, 3.63) is 35.2 Å². The van der Waals surface area contributed by atoms with E-state index in [1.54, 1.807) is 18.5 Å². The van der Waals surface area contributed by atoms with E-state index in [1.165, 1.54) is 11.8 Å². The second kappa shape index (κ2) is 6.90. The summed E-state index contributed by atoms with van der Waals surface area (Å²) in [4.78, 5) is 23.1. The Bertz CT molecular complexity index is 720. The number of rotatable bonds is 3. The molecule has 1 fully saturated rings. The molecule has 3 rings (SSSR count). The molecule has 122 valence electrons. The minimum atomic E-state index is -0.0260. The van der Waals surface area contributed by atoms with Gasteiger partial charge in [-0.1, -0.05) is 11.6 Å². The number of hydrogen-bond acceptors (Lipinski definition) is 5. The molecule has 1 atom stereocenters. The van der Waals surface area contributed by atoms with Crippen LogP contribution in [0.25, 0.3) is 0 Å². The number of pyridine rings is 1. The highest BCUT2D eigenvalue weighted by atomic mass is 35.5. The first-order valence-electron chi connectivity index (χ1n) is 7.38. The molecule has 0 unspecified atom stereocenters. The predicted molar refractivity (Wildman–Crippen MR) is 89.9 cm³/mol. The third-order valence-electron chi connectivity index (χ3n) is 3.78. The lowest BCUT2D eigenvalue weighted by Gasteiger charge is -2.34. The number of nitrogens with zero attached hydrogens (tertiary/aromatic N) is 4. The Morgan fingerprint density at radius 3 is 2.96 bits per heavy atom. The molecule has 2 aromatic rings. The highest BCUT2D eigenvalue weighted by molar-refractivity contribution is 7.99. The molecule has 0 spiro atoms. The van der Waals surface area contributed by atoms with Gasteiger partial charge in [-0.05, 0) is 24.8 Å². The number of nitrogens with one attached hydrogen (secondary N) is 1. The van der Waals surface area contributed by atoms with Crippen LogP contribution in [-0.2, 0) is 7.05 Å². The Labute approximate surface area is 144 Å². The van der Waals surface area contributed by atoms with Gasteiger partial charge in [0.15, 0.2) is 5.16 Å². The van der Waals surface area contributed by atoms with E-state index in [0.29, 0.717) is 22.2 Å². The van der Waals surface area contributed by atoms with Crippen molar-refractivity contribution in [2.45, 2.75) is 23.1 Å². The van der Waals surface area contributed by atoms with Crippen molar-refractivity contribution in [1.82, 2.24) is 24.8 Å². The molecule has 3 heterocycles. The van der Waals surface area contributed by atoms with Gasteiger partial charge < -0.3 is 14.8 Å². The molecule has 0 bridgehead atoms. The van der Waals surface area contributed by atoms with Crippen LogP contribution in [0.1, 0.15) is 17.3 Å². The number of halogens is 1. The van der Waals surface area contributed by atoms with Crippen molar-refractivity contribution in [2.75, 3.05) is 19.6 Å². The fourth-order valence-corrected chi connectivity index (χ4v) is 3.50. The molecule has 0 saturated carbocycles. The van der Waals surface area contributed by atoms with Gasteiger partial charge in [-0.3, -0.25) is 4.79 Å². The summed E-state index contributed by atoms with van der Waals surface area (Å²) in [7, 11) is 1.91. The summed E-state index contributed by atoms with van der Waals surface area (Å²) in [5, 5.41) is 5.18. The number of aromatic nitrogens is 3. The monoisotopic (exact) mass is 351 g/mol. The fraction of sp³-hybridized carbons (Fsp3) is 0.400. The maximum Gasteiger partial charge on any atom is 0.255 e. The van der Waals surface area contributed by atoms with Crippen LogP contribution in [0.15, 0.2) is 34.8 Å². The molecule has 2 aromatic heterocycles. The van der Waals surface area contributed by atoms with Crippen LogP contribution in [0.5, 0.6) is 0 Å². The predicted octanol–water partition coefficient (Wildman–Crippen LogP) is 2.05. The van der Waals surface area contributed by atoms with E-state index in [4.69, 9.17) is 11.6 Å². The Hall–Kier alpha value is -1.57. The summed E-state index contributed by atoms with van der Waals surface area (Å²) in [6.07, 6.45) is 5.17. The Kier molecular flexibility index (Phi) is 4.89. The van der Waals surface area contributed by atoms with Gasteiger partial charge in [-0.15, -0.1) is 0 Å². The van der Waals surface area contributed by atoms with Crippen molar-refractivity contribution in [3.8, 4) is 0 Å². The Morgan fingerprint density at radius 2 is 2.30 bits per heavy atom. The molecule has 23 heavy (non-hydrogen) atoms. The van der Waals surface area contributed by atoms with E-state index in [0.717, 1.165) is 18.2 Å². The van der Waals surface area contributed by atoms with Gasteiger partial charge in [0.1, 0.15) is 5.03 Å². The number of carbonyl (C=O) groups is 1. The molecule has 8 heteroatoms. The quantitative estimate of drug-likeness (QED) is 0.917. The zero-order valence-corrected chi connectivity index (χ0v) is 14.6. The lowest BCUT2D eigenvalue weighted by molar-refractivity contribution is 0.0655. The standard InChI is InChI=1S/C15H18ClN5OS/c1-10-8-17-3-6-21(10)14(22)11-7-12(16)13(19-9-11)23-15-18-4-5-20(15)2/h4-5,7,9-10,17H,3,6,8H2,1-2H3/t10-/m1/s1. The van der Waals surface area contributed by atoms with Crippen molar-refractivity contribution < 1.29 is 4.79 Å². The van der Waals surface area contributed by atoms with Crippen LogP contribution in [0.2, 0.25) is 5.02 Å². The number of amides is 1. The van der Waals surface area contributed by atoms with Crippen LogP contribution >= 0.6 is 23.4 Å². The van der Waals surface area contributed by atoms with E-state index in [2.05, 4.69) is 15.3 Å². The van der Waals surface area contributed by atoms with Gasteiger partial charge in [-0.2, -0.15) is 0 Å². The molecule has 0 aliphatic carbocycles. The number of imidazole rings is 1. The summed E-state index contributed by atoms with van der Waals surface area (Å²) in [6.45, 7) is 4.34. The van der Waals surface area contributed by atoms with Crippen LogP contribution in [0.4, 0.5) is 0 Å². The topological polar surface area (TPSA) is 63.1 Å². The van der Waals surface area contributed by atoms with E-state index in [-0.39, 0.29) is 11.9 Å². The zero-order chi connectivity index (χ0) is 16.4. The summed E-state index contributed by atoms with van der Waals surface area (Å²) in [5.74, 6) is -0.0260. The van der Waals surface area contributed by atoms with Gasteiger partial charge in [0.25, 0.3) is 5.91 Å². The summed E-state index contributed by atoms with van der Waals surface area (Å²) >= 11 is 7.69. The highest BCUT2D eigenvalue weighted by Crippen LogP contribution is 2.30. The molecule has 6 nitrogen and oxygen atoms in total. The summed E-state index contributed by atoms with van der Waals surface area (Å²) < 4.78 is 1.89. The first kappa shape index (κ1) is 16.3. The molecular weight excluding hydrogens is 334 g/mol. The van der Waals surface area contributed by atoms with Gasteiger partial charge in [0.05, 0.1) is 10.6 Å². The van der Waals surface area contributed by atoms with Gasteiger partial charge in [0, 0.05) is 51.3 Å². The Balaban J connectivity index is 1.78. The highest BCUT2D eigenvalue weighted by Gasteiger charge is 2.24. The average Bonchev–Trinajstić information content (AvgIpc) is 2.94. The maximum atomic E-state index is 12.6. The lowest BCUT2D eigenvalue weighted by atomic mass is 10.1. The molecular formula is C15H18ClN5OS. The third kappa shape index (κ3) is 3.52. The maximum absolute atomic E-state index is 12.6. The molecule has 1 aliphatic heterocycles. The van der Waals surface area contributed by atoms with Crippen LogP contribution in [0.3, 0.4) is 0 Å². The largest absolute Gasteiger partial charge is 0.333 e. The lowest BCUT2D eigenvalue weighted by Crippen LogP contribution is -2.52. The fourth-order valence-electron chi connectivity index (χ4n) is 2.46. The molecule has 0 radical (unpaired) electrons. The minimum Gasteiger partial charge on any atom is -0.333 e. The smallest absolute Gasteiger partial charge is 0.255 e. The number of carbonyl (C=O) groups excluding carboxylic acids is 1. The summed E-state index contributed by atoms with van der Waals surface area (Å²) in [5.41, 5.74) is 0.521. The molecule has 1 amide bonds. The van der Waals surface area contributed by atoms with Crippen LogP contribution in [-0.4, -0.2) is 51.0 Å². The zero-order valence-electron chi connectivity index (χ0n) is 13.0. The normalized spacial score (nSPS) is 18.2. The number of piperazine rings is 1. The SMILES string of the molecule is C[C@@H]1CNCCN1C(=O)c1cnc(Sc2nccn2C)c(Cl)c1. The molecule has 1 aliphatic rings. The van der Waals surface area contributed by atoms with Crippen molar-refractivity contribution >= 4 is 29.3 Å². The second-order valence-corrected chi connectivity index (χ2v) is 6.85. The van der Waals surface area contributed by atoms with Gasteiger partial charge >= 0.3 is 0 Å². The average molecular weight is 352 g/mol. The molecule has 1 saturated heterocycles. The minimum absolute atomic E-state index is 0.0260. The van der Waals surface area contributed by atoms with E-state index >= 15 is 0 Å². The van der Waals surface area contributed by atoms with E-state index in [9.17, 15) is 4.79 Å². The second-order valence-electron chi connectivity index (χ2n) is 5.49. The molecule has 1 N–H and O–H groups in total. The van der Waals surface area contributed by atoms with Crippen LogP contribution in [0, 0.1) is 0 Å². The van der Waals surface area contributed by atoms with Gasteiger partial charge in [-0.25, -0.2) is 9.97 Å². The number of aryl methyl sites for hydroxylation is 1. The first-order chi connectivity index (χ1) is 11.1. The third-order valence-corrected chi connectivity index (χ3v) is 5.28. The first-order valence-corrected chi connectivity index (χ1v) is 8.58. The van der Waals surface area contributed by atoms with Crippen molar-refractivity contribution in [2.24, 2.45) is 7.05 Å². The van der Waals surface area contributed by atoms with E-state index < -0.39 is 0 Å². The van der Waals surface area contributed by atoms with Crippen molar-refractivity contribution in [3.63, 3.8) is 0 Å². The number of hydrogen-bond donors (Lipinski definition) is 1.